The van der Waals surface area contributed by atoms with E-state index in [0.717, 1.165) is 20.9 Å². The molecule has 12 heteroatoms. The van der Waals surface area contributed by atoms with Gasteiger partial charge in [0.15, 0.2) is 5.13 Å². The number of thiazole rings is 1. The molecule has 5 aromatic rings. The molecule has 10 nitrogen and oxygen atoms in total. The summed E-state index contributed by atoms with van der Waals surface area (Å²) in [5.74, 6) is 0.590. The second kappa shape index (κ2) is 16.0. The number of benzene rings is 4. The smallest absolute Gasteiger partial charge is 0.272 e. The van der Waals surface area contributed by atoms with Gasteiger partial charge in [-0.1, -0.05) is 35.6 Å². The topological polar surface area (TPSA) is 128 Å². The van der Waals surface area contributed by atoms with Crippen molar-refractivity contribution in [3.63, 3.8) is 0 Å². The molecule has 5 rings (SSSR count). The predicted molar refractivity (Wildman–Crippen MR) is 191 cm³/mol. The Bertz CT molecular complexity index is 1960. The molecule has 1 heterocycles. The van der Waals surface area contributed by atoms with Crippen molar-refractivity contribution in [2.24, 2.45) is 0 Å². The zero-order chi connectivity index (χ0) is 34.0. The normalized spacial score (nSPS) is 11.8. The number of amides is 3. The number of anilines is 2. The van der Waals surface area contributed by atoms with Gasteiger partial charge in [0.05, 0.1) is 36.3 Å². The monoisotopic (exact) mass is 682 g/mol. The van der Waals surface area contributed by atoms with E-state index in [9.17, 15) is 14.4 Å². The lowest BCUT2D eigenvalue weighted by Crippen LogP contribution is -2.30. The van der Waals surface area contributed by atoms with Crippen molar-refractivity contribution in [2.75, 3.05) is 31.5 Å². The third-order valence-electron chi connectivity index (χ3n) is 6.94. The van der Waals surface area contributed by atoms with Crippen molar-refractivity contribution in [1.82, 2.24) is 10.3 Å². The number of nitrogens with zero attached hydrogens (tertiary/aromatic N) is 1. The van der Waals surface area contributed by atoms with Gasteiger partial charge in [-0.25, -0.2) is 4.98 Å². The average molecular weight is 683 g/mol. The third-order valence-corrected chi connectivity index (χ3v) is 8.97. The van der Waals surface area contributed by atoms with Gasteiger partial charge in [0, 0.05) is 27.8 Å². The largest absolute Gasteiger partial charge is 0.497 e. The molecule has 0 aliphatic heterocycles. The minimum absolute atomic E-state index is 0.00216. The van der Waals surface area contributed by atoms with E-state index in [1.165, 1.54) is 30.2 Å². The summed E-state index contributed by atoms with van der Waals surface area (Å²) in [6.45, 7) is 4.29. The number of nitrogens with one attached hydrogen (secondary N) is 3. The molecule has 0 fully saturated rings. The van der Waals surface area contributed by atoms with Gasteiger partial charge in [0.1, 0.15) is 22.9 Å². The number of hydrogen-bond donors (Lipinski definition) is 3. The Balaban J connectivity index is 1.30. The fraction of sp³-hybridized carbons (Fsp3) is 0.167. The quantitative estimate of drug-likeness (QED) is 0.0876. The number of rotatable bonds is 13. The van der Waals surface area contributed by atoms with Gasteiger partial charge in [-0.05, 0) is 80.6 Å². The molecular weight excluding hydrogens is 649 g/mol. The molecule has 0 spiro atoms. The van der Waals surface area contributed by atoms with E-state index in [-0.39, 0.29) is 11.6 Å². The molecule has 0 saturated heterocycles. The van der Waals surface area contributed by atoms with Crippen LogP contribution in [0.1, 0.15) is 29.8 Å². The van der Waals surface area contributed by atoms with Gasteiger partial charge in [-0.3, -0.25) is 14.4 Å². The Morgan fingerprint density at radius 3 is 2.44 bits per heavy atom. The summed E-state index contributed by atoms with van der Waals surface area (Å²) in [7, 11) is 3.06. The minimum atomic E-state index is -0.548. The summed E-state index contributed by atoms with van der Waals surface area (Å²) in [4.78, 5) is 45.1. The molecule has 0 bridgehead atoms. The second-order valence-electron chi connectivity index (χ2n) is 10.3. The minimum Gasteiger partial charge on any atom is -0.497 e. The number of aromatic nitrogens is 1. The zero-order valence-corrected chi connectivity index (χ0v) is 28.4. The highest BCUT2D eigenvalue weighted by molar-refractivity contribution is 8.00. The molecule has 1 unspecified atom stereocenters. The molecule has 246 valence electrons. The maximum Gasteiger partial charge on any atom is 0.272 e. The van der Waals surface area contributed by atoms with Crippen molar-refractivity contribution in [3.8, 4) is 17.2 Å². The van der Waals surface area contributed by atoms with E-state index >= 15 is 0 Å². The van der Waals surface area contributed by atoms with Crippen molar-refractivity contribution in [1.29, 1.82) is 0 Å². The summed E-state index contributed by atoms with van der Waals surface area (Å²) >= 11 is 2.72. The molecule has 1 atom stereocenters. The standard InChI is InChI=1S/C36H34N4O6S2/c1-5-46-27-16-17-29-32(21-27)48-36(39-29)40-33(41)22(2)47-28-13-9-12-25(19-28)37-35(43)30(38-34(42)23-10-7-6-8-11-23)18-24-14-15-26(44-3)20-31(24)45-4/h6-22H,5H2,1-4H3,(H,37,43)(H,38,42)(H,39,40,41)/b30-18+. The Morgan fingerprint density at radius 2 is 1.69 bits per heavy atom. The molecule has 3 N–H and O–H groups in total. The van der Waals surface area contributed by atoms with E-state index in [2.05, 4.69) is 20.9 Å². The number of carbonyl (C=O) groups is 3. The number of carbonyl (C=O) groups excluding carboxylic acids is 3. The lowest BCUT2D eigenvalue weighted by molar-refractivity contribution is -0.115. The highest BCUT2D eigenvalue weighted by Gasteiger charge is 2.19. The lowest BCUT2D eigenvalue weighted by Gasteiger charge is -2.14. The average Bonchev–Trinajstić information content (AvgIpc) is 3.50. The van der Waals surface area contributed by atoms with Crippen LogP contribution < -0.4 is 30.2 Å². The molecule has 48 heavy (non-hydrogen) atoms. The Hall–Kier alpha value is -5.33. The zero-order valence-electron chi connectivity index (χ0n) is 26.7. The fourth-order valence-corrected chi connectivity index (χ4v) is 6.38. The van der Waals surface area contributed by atoms with Crippen LogP contribution in [0.2, 0.25) is 0 Å². The maximum absolute atomic E-state index is 13.6. The van der Waals surface area contributed by atoms with Gasteiger partial charge < -0.3 is 30.2 Å². The molecule has 0 saturated carbocycles. The van der Waals surface area contributed by atoms with Crippen LogP contribution in [-0.2, 0) is 9.59 Å². The first-order valence-corrected chi connectivity index (χ1v) is 16.7. The first-order valence-electron chi connectivity index (χ1n) is 15.0. The van der Waals surface area contributed by atoms with Gasteiger partial charge in [-0.2, -0.15) is 0 Å². The summed E-state index contributed by atoms with van der Waals surface area (Å²) in [6, 6.07) is 26.5. The SMILES string of the molecule is CCOc1ccc2nc(NC(=O)C(C)Sc3cccc(NC(=O)/C(=C\c4ccc(OC)cc4OC)NC(=O)c4ccccc4)c3)sc2c1. The number of thioether (sulfide) groups is 1. The molecule has 4 aromatic carbocycles. The van der Waals surface area contributed by atoms with Crippen molar-refractivity contribution in [3.05, 3.63) is 108 Å². The molecule has 0 radical (unpaired) electrons. The van der Waals surface area contributed by atoms with Crippen LogP contribution in [0.25, 0.3) is 16.3 Å². The molecule has 0 aliphatic carbocycles. The highest BCUT2D eigenvalue weighted by Crippen LogP contribution is 2.32. The Kier molecular flexibility index (Phi) is 11.3. The van der Waals surface area contributed by atoms with E-state index in [0.29, 0.717) is 40.1 Å². The van der Waals surface area contributed by atoms with Crippen LogP contribution >= 0.6 is 23.1 Å². The van der Waals surface area contributed by atoms with Crippen molar-refractivity contribution >= 4 is 67.9 Å². The van der Waals surface area contributed by atoms with Crippen molar-refractivity contribution in [2.45, 2.75) is 24.0 Å². The number of fused-ring (bicyclic) bond motifs is 1. The molecular formula is C36H34N4O6S2. The van der Waals surface area contributed by atoms with Crippen LogP contribution in [-0.4, -0.2) is 48.8 Å². The highest BCUT2D eigenvalue weighted by atomic mass is 32.2. The maximum atomic E-state index is 13.6. The fourth-order valence-electron chi connectivity index (χ4n) is 4.56. The third kappa shape index (κ3) is 8.72. The number of ether oxygens (including phenoxy) is 3. The summed E-state index contributed by atoms with van der Waals surface area (Å²) in [6.07, 6.45) is 1.54. The summed E-state index contributed by atoms with van der Waals surface area (Å²) in [5, 5.41) is 8.55. The Morgan fingerprint density at radius 1 is 0.896 bits per heavy atom. The first-order chi connectivity index (χ1) is 23.3. The molecule has 1 aromatic heterocycles. The molecule has 3 amide bonds. The number of methoxy groups -OCH3 is 2. The van der Waals surface area contributed by atoms with Crippen LogP contribution in [0.4, 0.5) is 10.8 Å². The van der Waals surface area contributed by atoms with E-state index < -0.39 is 17.1 Å². The van der Waals surface area contributed by atoms with Gasteiger partial charge in [-0.15, -0.1) is 11.8 Å². The van der Waals surface area contributed by atoms with Crippen molar-refractivity contribution < 1.29 is 28.6 Å². The van der Waals surface area contributed by atoms with Gasteiger partial charge in [0.2, 0.25) is 5.91 Å². The van der Waals surface area contributed by atoms with Gasteiger partial charge >= 0.3 is 0 Å². The van der Waals surface area contributed by atoms with E-state index in [4.69, 9.17) is 14.2 Å². The van der Waals surface area contributed by atoms with E-state index in [1.54, 1.807) is 86.8 Å². The van der Waals surface area contributed by atoms with Crippen LogP contribution in [0.3, 0.4) is 0 Å². The lowest BCUT2D eigenvalue weighted by atomic mass is 10.1. The Labute approximate surface area is 286 Å². The second-order valence-corrected chi connectivity index (χ2v) is 12.7. The first kappa shape index (κ1) is 34.0. The summed E-state index contributed by atoms with van der Waals surface area (Å²) < 4.78 is 17.3. The molecule has 0 aliphatic rings. The van der Waals surface area contributed by atoms with Crippen LogP contribution in [0.15, 0.2) is 102 Å². The van der Waals surface area contributed by atoms with Crippen LogP contribution in [0.5, 0.6) is 17.2 Å². The van der Waals surface area contributed by atoms with Crippen LogP contribution in [0, 0.1) is 0 Å². The predicted octanol–water partition coefficient (Wildman–Crippen LogP) is 7.24. The van der Waals surface area contributed by atoms with Gasteiger partial charge in [0.25, 0.3) is 11.8 Å². The summed E-state index contributed by atoms with van der Waals surface area (Å²) in [5.41, 5.74) is 2.22. The van der Waals surface area contributed by atoms with E-state index in [1.807, 2.05) is 31.2 Å². The number of hydrogen-bond acceptors (Lipinski definition) is 9.